The maximum atomic E-state index is 10.7. The number of carbonyl (C=O) groups is 1. The van der Waals surface area contributed by atoms with Gasteiger partial charge in [-0.15, -0.1) is 0 Å². The molecule has 1 heterocycles. The second-order valence-electron chi connectivity index (χ2n) is 5.57. The maximum absolute atomic E-state index is 10.7. The highest BCUT2D eigenvalue weighted by atomic mass is 16.6. The smallest absolute Gasteiger partial charge is 0.150 e. The van der Waals surface area contributed by atoms with Gasteiger partial charge in [0.25, 0.3) is 0 Å². The van der Waals surface area contributed by atoms with Crippen LogP contribution in [0, 0.1) is 11.8 Å². The first-order chi connectivity index (χ1) is 12.3. The molecule has 0 saturated heterocycles. The third-order valence-electron chi connectivity index (χ3n) is 3.76. The van der Waals surface area contributed by atoms with Crippen LogP contribution in [0.15, 0.2) is 66.7 Å². The molecule has 0 aromatic heterocycles. The molecule has 2 aromatic rings. The van der Waals surface area contributed by atoms with Crippen LogP contribution in [0.4, 0.5) is 0 Å². The number of rotatable bonds is 4. The molecule has 2 aromatic carbocycles. The zero-order valence-corrected chi connectivity index (χ0v) is 13.5. The molecule has 25 heavy (non-hydrogen) atoms. The first-order valence-corrected chi connectivity index (χ1v) is 8.01. The summed E-state index contributed by atoms with van der Waals surface area (Å²) in [5, 5.41) is 9.59. The average Bonchev–Trinajstić information content (AvgIpc) is 2.68. The fourth-order valence-electron chi connectivity index (χ4n) is 2.45. The third kappa shape index (κ3) is 4.57. The van der Waals surface area contributed by atoms with Gasteiger partial charge in [-0.2, -0.15) is 0 Å². The van der Waals surface area contributed by atoms with Gasteiger partial charge >= 0.3 is 0 Å². The van der Waals surface area contributed by atoms with Crippen molar-refractivity contribution in [3.05, 3.63) is 77.9 Å². The van der Waals surface area contributed by atoms with Crippen molar-refractivity contribution in [2.24, 2.45) is 0 Å². The van der Waals surface area contributed by atoms with Crippen LogP contribution >= 0.6 is 0 Å². The van der Waals surface area contributed by atoms with E-state index in [4.69, 9.17) is 9.47 Å². The molecule has 0 bridgehead atoms. The van der Waals surface area contributed by atoms with Crippen molar-refractivity contribution >= 4 is 6.29 Å². The van der Waals surface area contributed by atoms with Crippen LogP contribution in [0.3, 0.4) is 0 Å². The van der Waals surface area contributed by atoms with E-state index in [-0.39, 0.29) is 6.61 Å². The number of carbonyl (C=O) groups excluding carboxylic acids is 1. The summed E-state index contributed by atoms with van der Waals surface area (Å²) < 4.78 is 11.6. The largest absolute Gasteiger partial charge is 0.484 e. The minimum Gasteiger partial charge on any atom is -0.484 e. The van der Waals surface area contributed by atoms with Gasteiger partial charge in [0.15, 0.2) is 0 Å². The summed E-state index contributed by atoms with van der Waals surface area (Å²) in [5.74, 6) is 6.70. The standard InChI is InChI=1S/C21H18O4/c22-14-17-7-10-18(11-8-17)24-20-13-12-19(25-21(20)15-23)9-6-16-4-2-1-3-5-16/h1-5,7-8,10-14,19-21,23H,15H2. The second-order valence-corrected chi connectivity index (χ2v) is 5.57. The molecule has 1 aliphatic heterocycles. The molecule has 4 heteroatoms. The molecule has 1 N–H and O–H groups in total. The molecule has 0 radical (unpaired) electrons. The van der Waals surface area contributed by atoms with Crippen LogP contribution < -0.4 is 4.74 Å². The molecule has 3 atom stereocenters. The van der Waals surface area contributed by atoms with E-state index < -0.39 is 18.3 Å². The van der Waals surface area contributed by atoms with Gasteiger partial charge in [0.1, 0.15) is 30.3 Å². The Bertz CT molecular complexity index is 784. The van der Waals surface area contributed by atoms with E-state index in [1.165, 1.54) is 0 Å². The lowest BCUT2D eigenvalue weighted by molar-refractivity contribution is -0.0549. The lowest BCUT2D eigenvalue weighted by Gasteiger charge is -2.29. The normalized spacial score (nSPS) is 21.9. The Hall–Kier alpha value is -2.87. The molecule has 0 saturated carbocycles. The van der Waals surface area contributed by atoms with Crippen LogP contribution in [0.2, 0.25) is 0 Å². The van der Waals surface area contributed by atoms with Crippen molar-refractivity contribution in [1.29, 1.82) is 0 Å². The number of aliphatic hydroxyl groups excluding tert-OH is 1. The molecular weight excluding hydrogens is 316 g/mol. The molecule has 0 fully saturated rings. The van der Waals surface area contributed by atoms with Gasteiger partial charge in [-0.1, -0.05) is 30.0 Å². The fourth-order valence-corrected chi connectivity index (χ4v) is 2.45. The minimum atomic E-state index is -0.508. The zero-order valence-electron chi connectivity index (χ0n) is 13.5. The average molecular weight is 334 g/mol. The van der Waals surface area contributed by atoms with E-state index >= 15 is 0 Å². The summed E-state index contributed by atoms with van der Waals surface area (Å²) in [4.78, 5) is 10.7. The van der Waals surface area contributed by atoms with Gasteiger partial charge in [0.2, 0.25) is 0 Å². The molecule has 1 aliphatic rings. The number of hydrogen-bond acceptors (Lipinski definition) is 4. The Kier molecular flexibility index (Phi) is 5.63. The van der Waals surface area contributed by atoms with E-state index in [0.717, 1.165) is 11.8 Å². The highest BCUT2D eigenvalue weighted by molar-refractivity contribution is 5.74. The van der Waals surface area contributed by atoms with E-state index in [0.29, 0.717) is 11.3 Å². The third-order valence-corrected chi connectivity index (χ3v) is 3.76. The number of hydrogen-bond donors (Lipinski definition) is 1. The fraction of sp³-hybridized carbons (Fsp3) is 0.190. The van der Waals surface area contributed by atoms with Crippen molar-refractivity contribution in [2.45, 2.75) is 18.3 Å². The van der Waals surface area contributed by atoms with Gasteiger partial charge in [-0.3, -0.25) is 4.79 Å². The summed E-state index contributed by atoms with van der Waals surface area (Å²) in [6, 6.07) is 16.4. The molecule has 3 unspecified atom stereocenters. The summed E-state index contributed by atoms with van der Waals surface area (Å²) in [6.07, 6.45) is 3.14. The highest BCUT2D eigenvalue weighted by Gasteiger charge is 2.27. The molecule has 0 spiro atoms. The zero-order chi connectivity index (χ0) is 17.5. The Balaban J connectivity index is 1.68. The van der Waals surface area contributed by atoms with Crippen molar-refractivity contribution in [3.63, 3.8) is 0 Å². The predicted octanol–water partition coefficient (Wildman–Crippen LogP) is 2.61. The molecule has 0 amide bonds. The van der Waals surface area contributed by atoms with E-state index in [2.05, 4.69) is 11.8 Å². The first kappa shape index (κ1) is 17.0. The summed E-state index contributed by atoms with van der Waals surface area (Å²) in [5.41, 5.74) is 1.49. The van der Waals surface area contributed by atoms with Crippen molar-refractivity contribution in [2.75, 3.05) is 6.61 Å². The van der Waals surface area contributed by atoms with Crippen LogP contribution in [-0.4, -0.2) is 36.3 Å². The van der Waals surface area contributed by atoms with Crippen LogP contribution in [0.5, 0.6) is 5.75 Å². The van der Waals surface area contributed by atoms with E-state index in [9.17, 15) is 9.90 Å². The maximum Gasteiger partial charge on any atom is 0.150 e. The summed E-state index contributed by atoms with van der Waals surface area (Å²) in [7, 11) is 0. The topological polar surface area (TPSA) is 55.8 Å². The summed E-state index contributed by atoms with van der Waals surface area (Å²) >= 11 is 0. The second kappa shape index (κ2) is 8.29. The number of ether oxygens (including phenoxy) is 2. The van der Waals surface area contributed by atoms with Crippen molar-refractivity contribution in [3.8, 4) is 17.6 Å². The highest BCUT2D eigenvalue weighted by Crippen LogP contribution is 2.20. The lowest BCUT2D eigenvalue weighted by atomic mass is 10.1. The number of benzene rings is 2. The van der Waals surface area contributed by atoms with Crippen LogP contribution in [0.1, 0.15) is 15.9 Å². The molecule has 3 rings (SSSR count). The van der Waals surface area contributed by atoms with Crippen LogP contribution in [0.25, 0.3) is 0 Å². The molecule has 126 valence electrons. The van der Waals surface area contributed by atoms with Crippen molar-refractivity contribution in [1.82, 2.24) is 0 Å². The van der Waals surface area contributed by atoms with Gasteiger partial charge in [0, 0.05) is 11.1 Å². The summed E-state index contributed by atoms with van der Waals surface area (Å²) in [6.45, 7) is -0.176. The number of aliphatic hydroxyl groups is 1. The van der Waals surface area contributed by atoms with Gasteiger partial charge in [-0.05, 0) is 48.6 Å². The molecular formula is C21H18O4. The Morgan fingerprint density at radius 3 is 2.52 bits per heavy atom. The van der Waals surface area contributed by atoms with Crippen molar-refractivity contribution < 1.29 is 19.4 Å². The predicted molar refractivity (Wildman–Crippen MR) is 94.5 cm³/mol. The van der Waals surface area contributed by atoms with E-state index in [1.807, 2.05) is 42.5 Å². The first-order valence-electron chi connectivity index (χ1n) is 8.01. The molecule has 4 nitrogen and oxygen atoms in total. The quantitative estimate of drug-likeness (QED) is 0.530. The van der Waals surface area contributed by atoms with Gasteiger partial charge in [0.05, 0.1) is 6.61 Å². The van der Waals surface area contributed by atoms with E-state index in [1.54, 1.807) is 24.3 Å². The lowest BCUT2D eigenvalue weighted by Crippen LogP contribution is -2.40. The van der Waals surface area contributed by atoms with Gasteiger partial charge in [-0.25, -0.2) is 0 Å². The number of aldehydes is 1. The monoisotopic (exact) mass is 334 g/mol. The minimum absolute atomic E-state index is 0.176. The van der Waals surface area contributed by atoms with Gasteiger partial charge < -0.3 is 14.6 Å². The Labute approximate surface area is 146 Å². The Morgan fingerprint density at radius 2 is 1.84 bits per heavy atom. The molecule has 0 aliphatic carbocycles. The Morgan fingerprint density at radius 1 is 1.08 bits per heavy atom. The van der Waals surface area contributed by atoms with Crippen LogP contribution in [-0.2, 0) is 4.74 Å². The SMILES string of the molecule is O=Cc1ccc(OC2C=CC(C#Cc3ccccc3)OC2CO)cc1.